The van der Waals surface area contributed by atoms with Gasteiger partial charge in [-0.2, -0.15) is 0 Å². The molecule has 2 N–H and O–H groups in total. The molecule has 1 aliphatic rings. The summed E-state index contributed by atoms with van der Waals surface area (Å²) in [4.78, 5) is 25.5. The van der Waals surface area contributed by atoms with Crippen LogP contribution in [0, 0.1) is 0 Å². The summed E-state index contributed by atoms with van der Waals surface area (Å²) in [5, 5.41) is 11.7. The summed E-state index contributed by atoms with van der Waals surface area (Å²) in [5.41, 5.74) is 1.03. The lowest BCUT2D eigenvalue weighted by Crippen LogP contribution is -2.30. The Bertz CT molecular complexity index is 453. The van der Waals surface area contributed by atoms with Crippen LogP contribution >= 0.6 is 0 Å². The summed E-state index contributed by atoms with van der Waals surface area (Å²) in [6.45, 7) is 2.09. The summed E-state index contributed by atoms with van der Waals surface area (Å²) in [7, 11) is 0. The summed E-state index contributed by atoms with van der Waals surface area (Å²) >= 11 is 0. The highest BCUT2D eigenvalue weighted by Crippen LogP contribution is 2.22. The molecule has 0 radical (unpaired) electrons. The van der Waals surface area contributed by atoms with Gasteiger partial charge < -0.3 is 10.4 Å². The van der Waals surface area contributed by atoms with E-state index in [2.05, 4.69) is 5.32 Å². The monoisotopic (exact) mass is 276 g/mol. The van der Waals surface area contributed by atoms with Gasteiger partial charge in [-0.05, 0) is 31.5 Å². The number of fused-ring (bicyclic) bond motifs is 1. The van der Waals surface area contributed by atoms with Crippen LogP contribution in [0.5, 0.6) is 0 Å². The van der Waals surface area contributed by atoms with Crippen molar-refractivity contribution in [2.75, 3.05) is 26.2 Å². The minimum absolute atomic E-state index is 0.148. The molecule has 0 spiro atoms. The van der Waals surface area contributed by atoms with E-state index in [4.69, 9.17) is 5.11 Å². The first-order valence-corrected chi connectivity index (χ1v) is 7.02. The Labute approximate surface area is 118 Å². The van der Waals surface area contributed by atoms with Crippen LogP contribution in [-0.4, -0.2) is 48.1 Å². The molecule has 5 heteroatoms. The summed E-state index contributed by atoms with van der Waals surface area (Å²) in [5.74, 6) is -0.354. The first-order chi connectivity index (χ1) is 9.75. The van der Waals surface area contributed by atoms with E-state index in [1.54, 1.807) is 24.3 Å². The maximum absolute atomic E-state index is 12.1. The Hall–Kier alpha value is -1.72. The second-order valence-electron chi connectivity index (χ2n) is 4.84. The van der Waals surface area contributed by atoms with Crippen LogP contribution in [0.1, 0.15) is 40.0 Å². The number of imide groups is 1. The highest BCUT2D eigenvalue weighted by atomic mass is 16.3. The zero-order valence-corrected chi connectivity index (χ0v) is 11.5. The predicted molar refractivity (Wildman–Crippen MR) is 75.6 cm³/mol. The van der Waals surface area contributed by atoms with Crippen molar-refractivity contribution in [3.63, 3.8) is 0 Å². The van der Waals surface area contributed by atoms with E-state index in [-0.39, 0.29) is 18.4 Å². The number of hydrogen-bond acceptors (Lipinski definition) is 4. The molecule has 0 aliphatic carbocycles. The first kappa shape index (κ1) is 14.7. The molecule has 0 saturated heterocycles. The lowest BCUT2D eigenvalue weighted by atomic mass is 10.1. The molecule has 0 unspecified atom stereocenters. The summed E-state index contributed by atoms with van der Waals surface area (Å²) in [6.07, 6.45) is 2.74. The minimum atomic E-state index is -0.177. The molecule has 2 amide bonds. The Balaban J connectivity index is 1.75. The molecule has 0 atom stereocenters. The van der Waals surface area contributed by atoms with Crippen molar-refractivity contribution in [3.8, 4) is 0 Å². The normalized spacial score (nSPS) is 13.9. The van der Waals surface area contributed by atoms with Gasteiger partial charge in [0.25, 0.3) is 11.8 Å². The Kier molecular flexibility index (Phi) is 5.26. The number of aliphatic hydroxyl groups excluding tert-OH is 1. The van der Waals surface area contributed by atoms with Gasteiger partial charge in [-0.3, -0.25) is 14.5 Å². The van der Waals surface area contributed by atoms with E-state index in [9.17, 15) is 9.59 Å². The van der Waals surface area contributed by atoms with E-state index < -0.39 is 0 Å². The Morgan fingerprint density at radius 3 is 2.20 bits per heavy atom. The number of nitrogens with zero attached hydrogens (tertiary/aromatic N) is 1. The molecule has 2 rings (SSSR count). The molecular weight excluding hydrogens is 256 g/mol. The van der Waals surface area contributed by atoms with Crippen molar-refractivity contribution in [3.05, 3.63) is 35.4 Å². The molecule has 1 heterocycles. The van der Waals surface area contributed by atoms with E-state index in [0.29, 0.717) is 24.2 Å². The molecule has 0 saturated carbocycles. The average Bonchev–Trinajstić information content (AvgIpc) is 2.71. The van der Waals surface area contributed by atoms with Crippen molar-refractivity contribution in [1.29, 1.82) is 0 Å². The van der Waals surface area contributed by atoms with Gasteiger partial charge in [0.2, 0.25) is 0 Å². The third kappa shape index (κ3) is 3.23. The maximum atomic E-state index is 12.1. The van der Waals surface area contributed by atoms with E-state index in [1.807, 2.05) is 0 Å². The van der Waals surface area contributed by atoms with Gasteiger partial charge in [0, 0.05) is 13.1 Å². The third-order valence-corrected chi connectivity index (χ3v) is 3.40. The lowest BCUT2D eigenvalue weighted by Gasteiger charge is -2.13. The zero-order valence-electron chi connectivity index (χ0n) is 11.5. The van der Waals surface area contributed by atoms with E-state index in [0.717, 1.165) is 25.8 Å². The maximum Gasteiger partial charge on any atom is 0.261 e. The number of hydrogen-bond donors (Lipinski definition) is 2. The van der Waals surface area contributed by atoms with Gasteiger partial charge >= 0.3 is 0 Å². The quantitative estimate of drug-likeness (QED) is 0.550. The van der Waals surface area contributed by atoms with E-state index in [1.165, 1.54) is 4.90 Å². The van der Waals surface area contributed by atoms with Gasteiger partial charge in [-0.1, -0.05) is 18.6 Å². The second-order valence-corrected chi connectivity index (χ2v) is 4.84. The van der Waals surface area contributed by atoms with Gasteiger partial charge in [0.1, 0.15) is 0 Å². The molecule has 0 bridgehead atoms. The number of carbonyl (C=O) groups excluding carboxylic acids is 2. The lowest BCUT2D eigenvalue weighted by molar-refractivity contribution is 0.0651. The average molecular weight is 276 g/mol. The van der Waals surface area contributed by atoms with Crippen molar-refractivity contribution < 1.29 is 14.7 Å². The largest absolute Gasteiger partial charge is 0.395 e. The van der Waals surface area contributed by atoms with Crippen molar-refractivity contribution in [1.82, 2.24) is 10.2 Å². The van der Waals surface area contributed by atoms with Crippen LogP contribution in [0.4, 0.5) is 0 Å². The third-order valence-electron chi connectivity index (χ3n) is 3.40. The molecular formula is C15H20N2O3. The van der Waals surface area contributed by atoms with Crippen molar-refractivity contribution in [2.24, 2.45) is 0 Å². The first-order valence-electron chi connectivity index (χ1n) is 7.02. The van der Waals surface area contributed by atoms with E-state index >= 15 is 0 Å². The van der Waals surface area contributed by atoms with Gasteiger partial charge in [0.15, 0.2) is 0 Å². The van der Waals surface area contributed by atoms with Gasteiger partial charge in [-0.25, -0.2) is 0 Å². The molecule has 1 aromatic rings. The second kappa shape index (κ2) is 7.17. The van der Waals surface area contributed by atoms with Crippen LogP contribution < -0.4 is 5.32 Å². The summed E-state index contributed by atoms with van der Waals surface area (Å²) < 4.78 is 0. The smallest absolute Gasteiger partial charge is 0.261 e. The topological polar surface area (TPSA) is 69.6 Å². The number of rotatable bonds is 8. The van der Waals surface area contributed by atoms with Gasteiger partial charge in [-0.15, -0.1) is 0 Å². The number of carbonyl (C=O) groups is 2. The van der Waals surface area contributed by atoms with Crippen molar-refractivity contribution >= 4 is 11.8 Å². The van der Waals surface area contributed by atoms with Crippen LogP contribution in [0.2, 0.25) is 0 Å². The number of unbranched alkanes of at least 4 members (excludes halogenated alkanes) is 2. The van der Waals surface area contributed by atoms with Crippen LogP contribution in [0.3, 0.4) is 0 Å². The SMILES string of the molecule is O=C1c2ccccc2C(=O)N1CCCCCNCCO. The fourth-order valence-electron chi connectivity index (χ4n) is 2.34. The number of nitrogens with one attached hydrogen (secondary N) is 1. The fraction of sp³-hybridized carbons (Fsp3) is 0.467. The van der Waals surface area contributed by atoms with Crippen LogP contribution in [0.15, 0.2) is 24.3 Å². The Morgan fingerprint density at radius 1 is 0.950 bits per heavy atom. The highest BCUT2D eigenvalue weighted by molar-refractivity contribution is 6.21. The highest BCUT2D eigenvalue weighted by Gasteiger charge is 2.34. The zero-order chi connectivity index (χ0) is 14.4. The van der Waals surface area contributed by atoms with Crippen molar-refractivity contribution in [2.45, 2.75) is 19.3 Å². The molecule has 5 nitrogen and oxygen atoms in total. The Morgan fingerprint density at radius 2 is 1.60 bits per heavy atom. The number of amides is 2. The molecule has 1 aliphatic heterocycles. The number of benzene rings is 1. The van der Waals surface area contributed by atoms with Gasteiger partial charge in [0.05, 0.1) is 17.7 Å². The molecule has 0 aromatic heterocycles. The molecule has 20 heavy (non-hydrogen) atoms. The fourth-order valence-corrected chi connectivity index (χ4v) is 2.34. The summed E-state index contributed by atoms with van der Waals surface area (Å²) in [6, 6.07) is 6.96. The standard InChI is InChI=1S/C15H20N2O3/c18-11-9-16-8-4-1-5-10-17-14(19)12-6-2-3-7-13(12)15(17)20/h2-3,6-7,16,18H,1,4-5,8-11H2. The predicted octanol–water partition coefficient (Wildman–Crippen LogP) is 1.03. The molecule has 1 aromatic carbocycles. The van der Waals surface area contributed by atoms with Crippen LogP contribution in [-0.2, 0) is 0 Å². The molecule has 0 fully saturated rings. The minimum Gasteiger partial charge on any atom is -0.395 e. The number of aliphatic hydroxyl groups is 1. The van der Waals surface area contributed by atoms with Crippen LogP contribution in [0.25, 0.3) is 0 Å². The molecule has 108 valence electrons.